The Bertz CT molecular complexity index is 423. The van der Waals surface area contributed by atoms with Crippen molar-refractivity contribution in [3.63, 3.8) is 0 Å². The highest BCUT2D eigenvalue weighted by Gasteiger charge is 2.33. The fourth-order valence-electron chi connectivity index (χ4n) is 2.45. The van der Waals surface area contributed by atoms with Gasteiger partial charge in [0.05, 0.1) is 0 Å². The zero-order valence-corrected chi connectivity index (χ0v) is 10.8. The lowest BCUT2D eigenvalue weighted by molar-refractivity contribution is -0.141. The third kappa shape index (κ3) is 3.37. The Hall–Kier alpha value is -1.30. The van der Waals surface area contributed by atoms with Crippen LogP contribution in [0.4, 0.5) is 18.9 Å². The maximum atomic E-state index is 12.6. The first-order valence-electron chi connectivity index (χ1n) is 6.41. The number of rotatable bonds is 2. The average Bonchev–Trinajstić information content (AvgIpc) is 2.38. The smallest absolute Gasteiger partial charge is 0.371 e. The molecule has 1 aromatic heterocycles. The Morgan fingerprint density at radius 1 is 1.37 bits per heavy atom. The van der Waals surface area contributed by atoms with Gasteiger partial charge in [-0.3, -0.25) is 4.98 Å². The summed E-state index contributed by atoms with van der Waals surface area (Å²) in [4.78, 5) is 5.35. The molecule has 0 spiro atoms. The van der Waals surface area contributed by atoms with Gasteiger partial charge in [0, 0.05) is 31.0 Å². The Morgan fingerprint density at radius 3 is 2.53 bits per heavy atom. The van der Waals surface area contributed by atoms with E-state index in [0.29, 0.717) is 11.6 Å². The van der Waals surface area contributed by atoms with Gasteiger partial charge in [0.2, 0.25) is 0 Å². The highest BCUT2D eigenvalue weighted by Crippen LogP contribution is 2.31. The van der Waals surface area contributed by atoms with Crippen molar-refractivity contribution in [1.82, 2.24) is 4.98 Å². The van der Waals surface area contributed by atoms with E-state index in [9.17, 15) is 13.2 Å². The number of nitrogens with two attached hydrogens (primary N) is 1. The van der Waals surface area contributed by atoms with E-state index in [1.807, 2.05) is 11.8 Å². The lowest BCUT2D eigenvalue weighted by atomic mass is 9.91. The third-order valence-corrected chi connectivity index (χ3v) is 3.68. The van der Waals surface area contributed by atoms with Crippen LogP contribution in [0.5, 0.6) is 0 Å². The van der Waals surface area contributed by atoms with Gasteiger partial charge in [0.1, 0.15) is 5.69 Å². The largest absolute Gasteiger partial charge is 0.433 e. The second kappa shape index (κ2) is 5.36. The van der Waals surface area contributed by atoms with E-state index in [4.69, 9.17) is 5.73 Å². The summed E-state index contributed by atoms with van der Waals surface area (Å²) in [6.07, 6.45) is -1.33. The highest BCUT2D eigenvalue weighted by molar-refractivity contribution is 5.47. The van der Waals surface area contributed by atoms with E-state index < -0.39 is 11.9 Å². The molecular weight excluding hydrogens is 255 g/mol. The molecule has 3 nitrogen and oxygen atoms in total. The van der Waals surface area contributed by atoms with E-state index in [0.717, 1.165) is 32.0 Å². The first-order chi connectivity index (χ1) is 8.88. The molecule has 0 radical (unpaired) electrons. The molecule has 0 aliphatic carbocycles. The first-order valence-corrected chi connectivity index (χ1v) is 6.41. The number of anilines is 1. The predicted octanol–water partition coefficient (Wildman–Crippen LogP) is 2.66. The van der Waals surface area contributed by atoms with Gasteiger partial charge in [-0.15, -0.1) is 0 Å². The van der Waals surface area contributed by atoms with Crippen molar-refractivity contribution in [3.8, 4) is 0 Å². The first kappa shape index (κ1) is 14.1. The fourth-order valence-corrected chi connectivity index (χ4v) is 2.45. The molecule has 1 aliphatic heterocycles. The van der Waals surface area contributed by atoms with Crippen LogP contribution in [-0.4, -0.2) is 24.1 Å². The van der Waals surface area contributed by atoms with Crippen LogP contribution in [0, 0.1) is 5.92 Å². The zero-order valence-electron chi connectivity index (χ0n) is 10.8. The monoisotopic (exact) mass is 273 g/mol. The summed E-state index contributed by atoms with van der Waals surface area (Å²) in [7, 11) is 0. The van der Waals surface area contributed by atoms with E-state index in [1.54, 1.807) is 6.07 Å². The number of alkyl halides is 3. The van der Waals surface area contributed by atoms with Crippen molar-refractivity contribution >= 4 is 5.69 Å². The maximum Gasteiger partial charge on any atom is 0.433 e. The Balaban J connectivity index is 2.08. The molecular formula is C13H18F3N3. The standard InChI is InChI=1S/C13H18F3N3/c1-9(17)10-3-6-19(7-4-10)11-2-5-18-12(8-11)13(14,15)16/h2,5,8-10H,3-4,6-7,17H2,1H3. The van der Waals surface area contributed by atoms with Crippen LogP contribution in [0.1, 0.15) is 25.5 Å². The minimum absolute atomic E-state index is 0.144. The van der Waals surface area contributed by atoms with Crippen molar-refractivity contribution in [3.05, 3.63) is 24.0 Å². The van der Waals surface area contributed by atoms with Gasteiger partial charge in [0.15, 0.2) is 0 Å². The molecule has 1 atom stereocenters. The number of hydrogen-bond acceptors (Lipinski definition) is 3. The SMILES string of the molecule is CC(N)C1CCN(c2ccnc(C(F)(F)F)c2)CC1. The highest BCUT2D eigenvalue weighted by atomic mass is 19.4. The van der Waals surface area contributed by atoms with E-state index in [2.05, 4.69) is 4.98 Å². The van der Waals surface area contributed by atoms with Crippen molar-refractivity contribution in [2.75, 3.05) is 18.0 Å². The summed E-state index contributed by atoms with van der Waals surface area (Å²) in [5.74, 6) is 0.458. The number of piperidine rings is 1. The minimum atomic E-state index is -4.39. The molecule has 2 heterocycles. The lowest BCUT2D eigenvalue weighted by Crippen LogP contribution is -2.39. The van der Waals surface area contributed by atoms with Crippen LogP contribution in [0.2, 0.25) is 0 Å². The summed E-state index contributed by atoms with van der Waals surface area (Å²) < 4.78 is 37.8. The molecule has 106 valence electrons. The molecule has 1 aromatic rings. The summed E-state index contributed by atoms with van der Waals surface area (Å²) in [5.41, 5.74) is 5.61. The van der Waals surface area contributed by atoms with E-state index in [-0.39, 0.29) is 6.04 Å². The fraction of sp³-hybridized carbons (Fsp3) is 0.615. The Kier molecular flexibility index (Phi) is 3.99. The predicted molar refractivity (Wildman–Crippen MR) is 67.8 cm³/mol. The summed E-state index contributed by atoms with van der Waals surface area (Å²) >= 11 is 0. The molecule has 19 heavy (non-hydrogen) atoms. The Labute approximate surface area is 110 Å². The van der Waals surface area contributed by atoms with Crippen LogP contribution in [0.25, 0.3) is 0 Å². The number of halogens is 3. The lowest BCUT2D eigenvalue weighted by Gasteiger charge is -2.35. The number of hydrogen-bond donors (Lipinski definition) is 1. The molecule has 6 heteroatoms. The van der Waals surface area contributed by atoms with E-state index >= 15 is 0 Å². The third-order valence-electron chi connectivity index (χ3n) is 3.68. The Morgan fingerprint density at radius 2 is 2.00 bits per heavy atom. The molecule has 2 rings (SSSR count). The van der Waals surface area contributed by atoms with Crippen molar-refractivity contribution in [1.29, 1.82) is 0 Å². The number of pyridine rings is 1. The number of nitrogens with zero attached hydrogens (tertiary/aromatic N) is 2. The van der Waals surface area contributed by atoms with Crippen LogP contribution in [0.3, 0.4) is 0 Å². The summed E-state index contributed by atoms with van der Waals surface area (Å²) in [5, 5.41) is 0. The van der Waals surface area contributed by atoms with Gasteiger partial charge < -0.3 is 10.6 Å². The van der Waals surface area contributed by atoms with E-state index in [1.165, 1.54) is 6.20 Å². The average molecular weight is 273 g/mol. The molecule has 0 bridgehead atoms. The quantitative estimate of drug-likeness (QED) is 0.900. The molecule has 0 saturated carbocycles. The maximum absolute atomic E-state index is 12.6. The van der Waals surface area contributed by atoms with Crippen LogP contribution in [0.15, 0.2) is 18.3 Å². The molecule has 1 saturated heterocycles. The minimum Gasteiger partial charge on any atom is -0.371 e. The van der Waals surface area contributed by atoms with Gasteiger partial charge >= 0.3 is 6.18 Å². The van der Waals surface area contributed by atoms with Crippen LogP contribution in [-0.2, 0) is 6.18 Å². The second-order valence-corrected chi connectivity index (χ2v) is 5.08. The van der Waals surface area contributed by atoms with Gasteiger partial charge in [-0.2, -0.15) is 13.2 Å². The molecule has 1 unspecified atom stereocenters. The van der Waals surface area contributed by atoms with Crippen molar-refractivity contribution in [2.45, 2.75) is 32.0 Å². The summed E-state index contributed by atoms with van der Waals surface area (Å²) in [6.45, 7) is 3.47. The zero-order chi connectivity index (χ0) is 14.0. The normalized spacial score (nSPS) is 19.5. The van der Waals surface area contributed by atoms with Crippen molar-refractivity contribution < 1.29 is 13.2 Å². The molecule has 1 aliphatic rings. The van der Waals surface area contributed by atoms with Gasteiger partial charge in [-0.1, -0.05) is 0 Å². The van der Waals surface area contributed by atoms with Crippen molar-refractivity contribution in [2.24, 2.45) is 11.7 Å². The topological polar surface area (TPSA) is 42.1 Å². The molecule has 1 fully saturated rings. The molecule has 0 aromatic carbocycles. The summed E-state index contributed by atoms with van der Waals surface area (Å²) in [6, 6.07) is 2.89. The number of aromatic nitrogens is 1. The van der Waals surface area contributed by atoms with Crippen LogP contribution < -0.4 is 10.6 Å². The molecule has 0 amide bonds. The van der Waals surface area contributed by atoms with Gasteiger partial charge in [0.25, 0.3) is 0 Å². The van der Waals surface area contributed by atoms with Gasteiger partial charge in [-0.05, 0) is 37.8 Å². The van der Waals surface area contributed by atoms with Gasteiger partial charge in [-0.25, -0.2) is 0 Å². The second-order valence-electron chi connectivity index (χ2n) is 5.08. The molecule has 2 N–H and O–H groups in total. The van der Waals surface area contributed by atoms with Crippen LogP contribution >= 0.6 is 0 Å².